The van der Waals surface area contributed by atoms with E-state index in [0.29, 0.717) is 57.3 Å². The Bertz CT molecular complexity index is 1380. The molecule has 2 aliphatic rings. The number of nitrogens with zero attached hydrogens (tertiary/aromatic N) is 6. The minimum absolute atomic E-state index is 0.0341. The highest BCUT2D eigenvalue weighted by atomic mass is 16.6. The van der Waals surface area contributed by atoms with Crippen LogP contribution in [0.5, 0.6) is 0 Å². The first-order chi connectivity index (χ1) is 19.4. The third-order valence-electron chi connectivity index (χ3n) is 7.11. The van der Waals surface area contributed by atoms with Gasteiger partial charge in [0.25, 0.3) is 5.91 Å². The van der Waals surface area contributed by atoms with Gasteiger partial charge in [0.1, 0.15) is 0 Å². The minimum atomic E-state index is -0.287. The summed E-state index contributed by atoms with van der Waals surface area (Å²) < 4.78 is 12.7. The minimum Gasteiger partial charge on any atom is -0.450 e. The molecule has 5 rings (SSSR count). The van der Waals surface area contributed by atoms with Gasteiger partial charge in [0.2, 0.25) is 5.95 Å². The molecule has 4 heterocycles. The van der Waals surface area contributed by atoms with Crippen LogP contribution in [0.1, 0.15) is 50.0 Å². The Morgan fingerprint density at radius 1 is 1.12 bits per heavy atom. The molecule has 2 aliphatic heterocycles. The molecule has 0 bridgehead atoms. The van der Waals surface area contributed by atoms with Gasteiger partial charge in [-0.2, -0.15) is 4.98 Å². The number of hydrazine groups is 1. The van der Waals surface area contributed by atoms with E-state index in [-0.39, 0.29) is 24.2 Å². The molecule has 1 N–H and O–H groups in total. The van der Waals surface area contributed by atoms with Crippen molar-refractivity contribution in [1.29, 1.82) is 0 Å². The first-order valence-electron chi connectivity index (χ1n) is 13.9. The molecule has 2 unspecified atom stereocenters. The van der Waals surface area contributed by atoms with Gasteiger partial charge < -0.3 is 19.7 Å². The second-order valence-corrected chi connectivity index (χ2v) is 10.1. The van der Waals surface area contributed by atoms with Gasteiger partial charge in [-0.15, -0.1) is 5.10 Å². The number of hydrogen-bond acceptors (Lipinski definition) is 8. The molecule has 3 aromatic rings. The topological polar surface area (TPSA) is 105 Å². The average Bonchev–Trinajstić information content (AvgIpc) is 3.36. The normalized spacial score (nSPS) is 19.8. The second-order valence-electron chi connectivity index (χ2n) is 10.1. The fraction of sp³-hybridized carbons (Fsp3) is 0.448. The first-order valence-corrected chi connectivity index (χ1v) is 13.9. The van der Waals surface area contributed by atoms with Crippen molar-refractivity contribution in [2.75, 3.05) is 44.6 Å². The maximum atomic E-state index is 13.3. The molecule has 11 heteroatoms. The number of nitrogens with one attached hydrogen (secondary N) is 1. The van der Waals surface area contributed by atoms with E-state index in [0.717, 1.165) is 22.5 Å². The van der Waals surface area contributed by atoms with E-state index >= 15 is 0 Å². The van der Waals surface area contributed by atoms with Gasteiger partial charge in [0.15, 0.2) is 5.65 Å². The molecule has 1 fully saturated rings. The van der Waals surface area contributed by atoms with E-state index in [1.54, 1.807) is 14.4 Å². The van der Waals surface area contributed by atoms with Crippen LogP contribution in [0.15, 0.2) is 48.7 Å². The van der Waals surface area contributed by atoms with Crippen molar-refractivity contribution in [3.05, 3.63) is 59.8 Å². The number of hydrogen-bond donors (Lipinski definition) is 1. The molecule has 0 aliphatic carbocycles. The number of rotatable bonds is 7. The van der Waals surface area contributed by atoms with Gasteiger partial charge >= 0.3 is 6.09 Å². The molecule has 2 aromatic heterocycles. The summed E-state index contributed by atoms with van der Waals surface area (Å²) in [5.74, 6) is 0.427. The molecule has 0 saturated carbocycles. The standard InChI is InChI=1S/C29H37N7O4/c1-5-36(34-18-20(3)40-21(4)19-34)27(37)23-9-11-24(12-10-23)30-28-31-26-25(8-7-15-35(26)32-28)22-13-16-33(17-14-22)29(38)39-6-2/h7-13,15,20-21H,5-6,14,16-19H2,1-4H3,(H,30,32). The number of anilines is 2. The maximum Gasteiger partial charge on any atom is 0.410 e. The van der Waals surface area contributed by atoms with Crippen LogP contribution in [0.2, 0.25) is 0 Å². The summed E-state index contributed by atoms with van der Waals surface area (Å²) in [5, 5.41) is 11.7. The lowest BCUT2D eigenvalue weighted by atomic mass is 10.0. The molecule has 0 radical (unpaired) electrons. The summed E-state index contributed by atoms with van der Waals surface area (Å²) >= 11 is 0. The molecule has 0 spiro atoms. The smallest absolute Gasteiger partial charge is 0.410 e. The number of amides is 2. The molecule has 1 saturated heterocycles. The van der Waals surface area contributed by atoms with Crippen molar-refractivity contribution in [3.63, 3.8) is 0 Å². The quantitative estimate of drug-likeness (QED) is 0.469. The number of carbonyl (C=O) groups excluding carboxylic acids is 2. The summed E-state index contributed by atoms with van der Waals surface area (Å²) in [5.41, 5.74) is 4.25. The maximum absolute atomic E-state index is 13.3. The number of benzene rings is 1. The van der Waals surface area contributed by atoms with Gasteiger partial charge in [-0.1, -0.05) is 6.08 Å². The lowest BCUT2D eigenvalue weighted by Crippen LogP contribution is -2.55. The zero-order valence-corrected chi connectivity index (χ0v) is 23.5. The van der Waals surface area contributed by atoms with Gasteiger partial charge in [-0.3, -0.25) is 9.80 Å². The van der Waals surface area contributed by atoms with Crippen LogP contribution in [0.4, 0.5) is 16.4 Å². The summed E-state index contributed by atoms with van der Waals surface area (Å²) in [4.78, 5) is 31.8. The van der Waals surface area contributed by atoms with Crippen molar-refractivity contribution < 1.29 is 19.1 Å². The lowest BCUT2D eigenvalue weighted by Gasteiger charge is -2.41. The first kappa shape index (κ1) is 27.6. The predicted octanol–water partition coefficient (Wildman–Crippen LogP) is 4.20. The molecule has 11 nitrogen and oxygen atoms in total. The molecular weight excluding hydrogens is 510 g/mol. The monoisotopic (exact) mass is 547 g/mol. The third kappa shape index (κ3) is 5.95. The van der Waals surface area contributed by atoms with Gasteiger partial charge in [-0.25, -0.2) is 14.3 Å². The zero-order valence-electron chi connectivity index (χ0n) is 23.5. The van der Waals surface area contributed by atoms with Gasteiger partial charge in [0.05, 0.1) is 18.8 Å². The van der Waals surface area contributed by atoms with E-state index in [9.17, 15) is 9.59 Å². The van der Waals surface area contributed by atoms with Crippen molar-refractivity contribution >= 4 is 34.9 Å². The largest absolute Gasteiger partial charge is 0.450 e. The van der Waals surface area contributed by atoms with Crippen LogP contribution in [-0.2, 0) is 9.47 Å². The molecular formula is C29H37N7O4. The van der Waals surface area contributed by atoms with Gasteiger partial charge in [-0.05, 0) is 76.1 Å². The van der Waals surface area contributed by atoms with Crippen molar-refractivity contribution in [3.8, 4) is 0 Å². The summed E-state index contributed by atoms with van der Waals surface area (Å²) in [6, 6.07) is 11.3. The highest BCUT2D eigenvalue weighted by Gasteiger charge is 2.29. The zero-order chi connectivity index (χ0) is 28.2. The highest BCUT2D eigenvalue weighted by Crippen LogP contribution is 2.27. The fourth-order valence-electron chi connectivity index (χ4n) is 5.30. The number of aromatic nitrogens is 3. The van der Waals surface area contributed by atoms with E-state index < -0.39 is 0 Å². The fourth-order valence-corrected chi connectivity index (χ4v) is 5.30. The summed E-state index contributed by atoms with van der Waals surface area (Å²) in [6.07, 6.45) is 4.48. The number of pyridine rings is 1. The molecule has 212 valence electrons. The van der Waals surface area contributed by atoms with Crippen LogP contribution >= 0.6 is 0 Å². The third-order valence-corrected chi connectivity index (χ3v) is 7.11. The van der Waals surface area contributed by atoms with Crippen molar-refractivity contribution in [2.24, 2.45) is 0 Å². The molecule has 2 atom stereocenters. The van der Waals surface area contributed by atoms with Crippen LogP contribution < -0.4 is 5.32 Å². The number of carbonyl (C=O) groups is 2. The van der Waals surface area contributed by atoms with Crippen molar-refractivity contribution in [1.82, 2.24) is 29.5 Å². The molecule has 1 aromatic carbocycles. The number of ether oxygens (including phenoxy) is 2. The van der Waals surface area contributed by atoms with Crippen LogP contribution in [0.25, 0.3) is 11.2 Å². The number of fused-ring (bicyclic) bond motifs is 1. The summed E-state index contributed by atoms with van der Waals surface area (Å²) in [6.45, 7) is 11.3. The van der Waals surface area contributed by atoms with E-state index in [4.69, 9.17) is 14.5 Å². The number of morpholine rings is 1. The molecule has 2 amide bonds. The van der Waals surface area contributed by atoms with Crippen LogP contribution in [0.3, 0.4) is 0 Å². The van der Waals surface area contributed by atoms with Crippen LogP contribution in [0, 0.1) is 0 Å². The van der Waals surface area contributed by atoms with E-state index in [2.05, 4.69) is 15.4 Å². The summed E-state index contributed by atoms with van der Waals surface area (Å²) in [7, 11) is 0. The Balaban J connectivity index is 1.28. The molecule has 40 heavy (non-hydrogen) atoms. The Labute approximate surface area is 234 Å². The van der Waals surface area contributed by atoms with Crippen LogP contribution in [-0.4, -0.2) is 93.1 Å². The Hall–Kier alpha value is -3.96. The van der Waals surface area contributed by atoms with Gasteiger partial charge in [0, 0.05) is 55.7 Å². The Morgan fingerprint density at radius 2 is 1.88 bits per heavy atom. The Kier molecular flexibility index (Phi) is 8.32. The average molecular weight is 548 g/mol. The SMILES string of the molecule is CCOC(=O)N1CC=C(c2cccn3nc(Nc4ccc(C(=O)N(CC)N5CC(C)OC(C)C5)cc4)nc23)CC1. The van der Waals surface area contributed by atoms with E-state index in [1.165, 1.54) is 0 Å². The van der Waals surface area contributed by atoms with Crippen molar-refractivity contribution in [2.45, 2.75) is 46.3 Å². The highest BCUT2D eigenvalue weighted by molar-refractivity contribution is 5.94. The lowest BCUT2D eigenvalue weighted by molar-refractivity contribution is -0.129. The predicted molar refractivity (Wildman–Crippen MR) is 152 cm³/mol. The Morgan fingerprint density at radius 3 is 2.52 bits per heavy atom. The second kappa shape index (κ2) is 12.1. The van der Waals surface area contributed by atoms with E-state index in [1.807, 2.05) is 76.4 Å².